The molecular weight excluding hydrogens is 432 g/mol. The minimum absolute atomic E-state index is 0.615. The molecule has 8 rings (SSSR count). The van der Waals surface area contributed by atoms with Crippen LogP contribution in [0.25, 0.3) is 72.0 Å². The number of fused-ring (bicyclic) bond motifs is 7. The van der Waals surface area contributed by atoms with Crippen LogP contribution in [0.15, 0.2) is 118 Å². The van der Waals surface area contributed by atoms with Gasteiger partial charge in [0.05, 0.1) is 11.0 Å². The second-order valence-electron chi connectivity index (χ2n) is 8.85. The number of hydrogen-bond acceptors (Lipinski definition) is 3. The highest BCUT2D eigenvalue weighted by atomic mass is 16.3. The quantitative estimate of drug-likeness (QED) is 0.265. The Morgan fingerprint density at radius 3 is 2.06 bits per heavy atom. The molecule has 0 saturated heterocycles. The smallest absolute Gasteiger partial charge is 0.227 e. The van der Waals surface area contributed by atoms with E-state index in [1.165, 1.54) is 21.8 Å². The fraction of sp³-hybridized carbons (Fsp3) is 0. The van der Waals surface area contributed by atoms with E-state index in [9.17, 15) is 0 Å². The van der Waals surface area contributed by atoms with Gasteiger partial charge in [-0.15, -0.1) is 0 Å². The van der Waals surface area contributed by atoms with Crippen molar-refractivity contribution in [3.63, 3.8) is 0 Å². The van der Waals surface area contributed by atoms with E-state index in [2.05, 4.69) is 82.3 Å². The summed E-state index contributed by atoms with van der Waals surface area (Å²) in [4.78, 5) is 4.66. The molecule has 5 aromatic carbocycles. The summed E-state index contributed by atoms with van der Waals surface area (Å²) in [5.41, 5.74) is 7.72. The Labute approximate surface area is 199 Å². The molecule has 0 aliphatic carbocycles. The number of benzene rings is 5. The average molecular weight is 450 g/mol. The molecule has 35 heavy (non-hydrogen) atoms. The van der Waals surface area contributed by atoms with Crippen LogP contribution >= 0.6 is 0 Å². The highest BCUT2D eigenvalue weighted by Crippen LogP contribution is 2.36. The lowest BCUT2D eigenvalue weighted by atomic mass is 10.1. The summed E-state index contributed by atoms with van der Waals surface area (Å²) >= 11 is 0. The van der Waals surface area contributed by atoms with E-state index in [1.807, 2.05) is 36.4 Å². The molecule has 4 heteroatoms. The number of aromatic nitrogens is 2. The van der Waals surface area contributed by atoms with Crippen molar-refractivity contribution in [3.05, 3.63) is 109 Å². The monoisotopic (exact) mass is 450 g/mol. The summed E-state index contributed by atoms with van der Waals surface area (Å²) in [5.74, 6) is 0.615. The maximum atomic E-state index is 6.30. The van der Waals surface area contributed by atoms with E-state index >= 15 is 0 Å². The molecular formula is C31H18N2O2. The van der Waals surface area contributed by atoms with Crippen LogP contribution < -0.4 is 0 Å². The average Bonchev–Trinajstić information content (AvgIpc) is 3.59. The first kappa shape index (κ1) is 18.6. The fourth-order valence-electron chi connectivity index (χ4n) is 5.23. The first-order valence-corrected chi connectivity index (χ1v) is 11.6. The van der Waals surface area contributed by atoms with Gasteiger partial charge in [0.2, 0.25) is 5.89 Å². The second kappa shape index (κ2) is 6.84. The summed E-state index contributed by atoms with van der Waals surface area (Å²) in [6.07, 6.45) is 0. The number of oxazole rings is 1. The fourth-order valence-corrected chi connectivity index (χ4v) is 5.23. The maximum absolute atomic E-state index is 6.30. The summed E-state index contributed by atoms with van der Waals surface area (Å²) < 4.78 is 14.6. The summed E-state index contributed by atoms with van der Waals surface area (Å²) in [6, 6.07) is 37.5. The van der Waals surface area contributed by atoms with E-state index in [0.29, 0.717) is 5.89 Å². The molecule has 0 radical (unpaired) electrons. The van der Waals surface area contributed by atoms with Gasteiger partial charge < -0.3 is 13.4 Å². The second-order valence-corrected chi connectivity index (χ2v) is 8.85. The van der Waals surface area contributed by atoms with Crippen molar-refractivity contribution in [2.24, 2.45) is 0 Å². The standard InChI is InChI=1S/C31H18N2O2/c1-4-10-26-21(7-1)22-8-2-5-11-27(22)33(26)20-14-15-23-24-17-19(13-16-28(24)34-30(23)18-20)31-32-25-9-3-6-12-29(25)35-31/h1-18H. The number of para-hydroxylation sites is 4. The third-order valence-electron chi connectivity index (χ3n) is 6.83. The molecule has 164 valence electrons. The van der Waals surface area contributed by atoms with Gasteiger partial charge in [0, 0.05) is 38.9 Å². The van der Waals surface area contributed by atoms with Crippen molar-refractivity contribution in [1.82, 2.24) is 9.55 Å². The molecule has 0 saturated carbocycles. The largest absolute Gasteiger partial charge is 0.456 e. The molecule has 0 unspecified atom stereocenters. The van der Waals surface area contributed by atoms with Gasteiger partial charge in [-0.3, -0.25) is 0 Å². The minimum atomic E-state index is 0.615. The molecule has 0 aliphatic heterocycles. The van der Waals surface area contributed by atoms with E-state index in [0.717, 1.165) is 44.3 Å². The molecule has 3 heterocycles. The molecule has 0 amide bonds. The van der Waals surface area contributed by atoms with Crippen molar-refractivity contribution in [1.29, 1.82) is 0 Å². The predicted octanol–water partition coefficient (Wildman–Crippen LogP) is 8.49. The van der Waals surface area contributed by atoms with Crippen LogP contribution in [0.5, 0.6) is 0 Å². The van der Waals surface area contributed by atoms with Crippen molar-refractivity contribution in [2.75, 3.05) is 0 Å². The molecule has 0 aliphatic rings. The molecule has 8 aromatic rings. The molecule has 0 spiro atoms. The van der Waals surface area contributed by atoms with Crippen LogP contribution in [-0.4, -0.2) is 9.55 Å². The van der Waals surface area contributed by atoms with Crippen molar-refractivity contribution in [2.45, 2.75) is 0 Å². The van der Waals surface area contributed by atoms with Crippen LogP contribution in [0, 0.1) is 0 Å². The first-order chi connectivity index (χ1) is 17.3. The normalized spacial score (nSPS) is 12.0. The third kappa shape index (κ3) is 2.65. The lowest BCUT2D eigenvalue weighted by molar-refractivity contribution is 0.620. The number of hydrogen-bond donors (Lipinski definition) is 0. The van der Waals surface area contributed by atoms with Crippen molar-refractivity contribution < 1.29 is 8.83 Å². The van der Waals surface area contributed by atoms with Gasteiger partial charge in [-0.2, -0.15) is 0 Å². The summed E-state index contributed by atoms with van der Waals surface area (Å²) in [7, 11) is 0. The van der Waals surface area contributed by atoms with Crippen molar-refractivity contribution in [3.8, 4) is 17.1 Å². The van der Waals surface area contributed by atoms with E-state index in [-0.39, 0.29) is 0 Å². The molecule has 0 atom stereocenters. The van der Waals surface area contributed by atoms with Gasteiger partial charge in [-0.1, -0.05) is 48.5 Å². The zero-order valence-electron chi connectivity index (χ0n) is 18.6. The first-order valence-electron chi connectivity index (χ1n) is 11.6. The summed E-state index contributed by atoms with van der Waals surface area (Å²) in [5, 5.41) is 4.61. The Balaban J connectivity index is 1.33. The molecule has 4 nitrogen and oxygen atoms in total. The zero-order valence-corrected chi connectivity index (χ0v) is 18.6. The van der Waals surface area contributed by atoms with Gasteiger partial charge in [0.25, 0.3) is 0 Å². The van der Waals surface area contributed by atoms with E-state index in [1.54, 1.807) is 0 Å². The van der Waals surface area contributed by atoms with Gasteiger partial charge in [-0.05, 0) is 54.6 Å². The third-order valence-corrected chi connectivity index (χ3v) is 6.83. The van der Waals surface area contributed by atoms with E-state index in [4.69, 9.17) is 8.83 Å². The van der Waals surface area contributed by atoms with Gasteiger partial charge in [-0.25, -0.2) is 4.98 Å². The minimum Gasteiger partial charge on any atom is -0.456 e. The predicted molar refractivity (Wildman–Crippen MR) is 141 cm³/mol. The highest BCUT2D eigenvalue weighted by Gasteiger charge is 2.15. The SMILES string of the molecule is c1ccc2oc(-c3ccc4oc5cc(-n6c7ccccc7c7ccccc76)ccc5c4c3)nc2c1. The van der Waals surface area contributed by atoms with Crippen LogP contribution in [0.1, 0.15) is 0 Å². The van der Waals surface area contributed by atoms with Crippen LogP contribution in [0.2, 0.25) is 0 Å². The maximum Gasteiger partial charge on any atom is 0.227 e. The van der Waals surface area contributed by atoms with Gasteiger partial charge in [0.1, 0.15) is 16.7 Å². The molecule has 0 fully saturated rings. The Morgan fingerprint density at radius 1 is 0.514 bits per heavy atom. The van der Waals surface area contributed by atoms with Crippen molar-refractivity contribution >= 4 is 54.8 Å². The molecule has 0 N–H and O–H groups in total. The number of rotatable bonds is 2. The Bertz CT molecular complexity index is 1990. The van der Waals surface area contributed by atoms with Crippen LogP contribution in [0.3, 0.4) is 0 Å². The number of furan rings is 1. The Kier molecular flexibility index (Phi) is 3.63. The lowest BCUT2D eigenvalue weighted by Gasteiger charge is -2.07. The van der Waals surface area contributed by atoms with Crippen LogP contribution in [-0.2, 0) is 0 Å². The van der Waals surface area contributed by atoms with E-state index < -0.39 is 0 Å². The van der Waals surface area contributed by atoms with Gasteiger partial charge in [0.15, 0.2) is 5.58 Å². The summed E-state index contributed by atoms with van der Waals surface area (Å²) in [6.45, 7) is 0. The Hall–Kier alpha value is -4.83. The Morgan fingerprint density at radius 2 is 1.26 bits per heavy atom. The zero-order chi connectivity index (χ0) is 22.9. The van der Waals surface area contributed by atoms with Gasteiger partial charge >= 0.3 is 0 Å². The highest BCUT2D eigenvalue weighted by molar-refractivity contribution is 6.10. The topological polar surface area (TPSA) is 44.1 Å². The van der Waals surface area contributed by atoms with Crippen LogP contribution in [0.4, 0.5) is 0 Å². The molecule has 3 aromatic heterocycles. The lowest BCUT2D eigenvalue weighted by Crippen LogP contribution is -1.93. The number of nitrogens with zero attached hydrogens (tertiary/aromatic N) is 2. The molecule has 0 bridgehead atoms.